The number of nitrogens with one attached hydrogen (secondary N) is 1. The summed E-state index contributed by atoms with van der Waals surface area (Å²) in [5.41, 5.74) is 0.962. The SMILES string of the molecule is C=CC(C)OCC(=O)N(C)C1CC(C)=CC(=O)N1. The van der Waals surface area contributed by atoms with Crippen LogP contribution in [-0.4, -0.2) is 42.6 Å². The van der Waals surface area contributed by atoms with E-state index in [9.17, 15) is 9.59 Å². The Morgan fingerprint density at radius 3 is 3.00 bits per heavy atom. The van der Waals surface area contributed by atoms with Crippen molar-refractivity contribution in [2.45, 2.75) is 32.5 Å². The summed E-state index contributed by atoms with van der Waals surface area (Å²) in [5.74, 6) is -0.326. The first kappa shape index (κ1) is 14.4. The predicted molar refractivity (Wildman–Crippen MR) is 68.7 cm³/mol. The second-order valence-electron chi connectivity index (χ2n) is 4.48. The molecule has 0 saturated heterocycles. The van der Waals surface area contributed by atoms with E-state index in [2.05, 4.69) is 11.9 Å². The molecule has 0 aromatic carbocycles. The Bertz CT molecular complexity index is 376. The number of hydrogen-bond donors (Lipinski definition) is 1. The van der Waals surface area contributed by atoms with Crippen LogP contribution in [0.1, 0.15) is 20.3 Å². The average molecular weight is 252 g/mol. The quantitative estimate of drug-likeness (QED) is 0.737. The maximum absolute atomic E-state index is 11.9. The molecule has 1 heterocycles. The van der Waals surface area contributed by atoms with Crippen LogP contribution in [0.4, 0.5) is 0 Å². The van der Waals surface area contributed by atoms with Crippen LogP contribution in [0, 0.1) is 0 Å². The fourth-order valence-electron chi connectivity index (χ4n) is 1.62. The summed E-state index contributed by atoms with van der Waals surface area (Å²) in [5, 5.41) is 2.74. The van der Waals surface area contributed by atoms with E-state index in [-0.39, 0.29) is 30.7 Å². The van der Waals surface area contributed by atoms with Gasteiger partial charge in [0.2, 0.25) is 11.8 Å². The van der Waals surface area contributed by atoms with Crippen LogP contribution in [0.5, 0.6) is 0 Å². The summed E-state index contributed by atoms with van der Waals surface area (Å²) in [6.07, 6.45) is 3.36. The number of carbonyl (C=O) groups excluding carboxylic acids is 2. The van der Waals surface area contributed by atoms with E-state index in [4.69, 9.17) is 4.74 Å². The van der Waals surface area contributed by atoms with E-state index in [1.807, 2.05) is 13.8 Å². The van der Waals surface area contributed by atoms with Crippen molar-refractivity contribution in [3.05, 3.63) is 24.3 Å². The molecule has 0 bridgehead atoms. The molecule has 1 rings (SSSR count). The number of ether oxygens (including phenoxy) is 1. The fraction of sp³-hybridized carbons (Fsp3) is 0.538. The Morgan fingerprint density at radius 1 is 1.78 bits per heavy atom. The van der Waals surface area contributed by atoms with Crippen LogP contribution in [0.2, 0.25) is 0 Å². The van der Waals surface area contributed by atoms with Crippen LogP contribution >= 0.6 is 0 Å². The smallest absolute Gasteiger partial charge is 0.249 e. The lowest BCUT2D eigenvalue weighted by Gasteiger charge is -2.31. The minimum absolute atomic E-state index is 0.0151. The predicted octanol–water partition coefficient (Wildman–Crippen LogP) is 0.828. The third kappa shape index (κ3) is 4.00. The van der Waals surface area contributed by atoms with Crippen molar-refractivity contribution in [2.24, 2.45) is 0 Å². The van der Waals surface area contributed by atoms with Crippen molar-refractivity contribution in [3.8, 4) is 0 Å². The lowest BCUT2D eigenvalue weighted by atomic mass is 10.1. The number of likely N-dealkylation sites (N-methyl/N-ethyl adjacent to an activating group) is 1. The van der Waals surface area contributed by atoms with E-state index in [0.29, 0.717) is 6.42 Å². The van der Waals surface area contributed by atoms with E-state index >= 15 is 0 Å². The normalized spacial score (nSPS) is 20.7. The molecule has 0 fully saturated rings. The van der Waals surface area contributed by atoms with Crippen molar-refractivity contribution in [1.29, 1.82) is 0 Å². The van der Waals surface area contributed by atoms with Gasteiger partial charge in [-0.1, -0.05) is 11.6 Å². The molecule has 0 radical (unpaired) electrons. The second kappa shape index (κ2) is 6.35. The molecule has 1 aliphatic heterocycles. The summed E-state index contributed by atoms with van der Waals surface area (Å²) >= 11 is 0. The van der Waals surface area contributed by atoms with Crippen LogP contribution in [0.3, 0.4) is 0 Å². The largest absolute Gasteiger partial charge is 0.365 e. The van der Waals surface area contributed by atoms with Gasteiger partial charge in [-0.25, -0.2) is 0 Å². The van der Waals surface area contributed by atoms with Gasteiger partial charge in [0.15, 0.2) is 0 Å². The standard InChI is InChI=1S/C13H20N2O3/c1-5-10(3)18-8-13(17)15(4)11-6-9(2)7-12(16)14-11/h5,7,10-11H,1,6,8H2,2-4H3,(H,14,16). The zero-order chi connectivity index (χ0) is 13.7. The molecule has 0 spiro atoms. The van der Waals surface area contributed by atoms with E-state index < -0.39 is 0 Å². The maximum Gasteiger partial charge on any atom is 0.249 e. The molecule has 2 atom stereocenters. The molecule has 0 saturated carbocycles. The Morgan fingerprint density at radius 2 is 2.44 bits per heavy atom. The van der Waals surface area contributed by atoms with E-state index in [0.717, 1.165) is 5.57 Å². The molecule has 1 N–H and O–H groups in total. The zero-order valence-corrected chi connectivity index (χ0v) is 11.1. The zero-order valence-electron chi connectivity index (χ0n) is 11.1. The summed E-state index contributed by atoms with van der Waals surface area (Å²) in [4.78, 5) is 24.7. The van der Waals surface area contributed by atoms with Gasteiger partial charge in [0.1, 0.15) is 12.8 Å². The number of hydrogen-bond acceptors (Lipinski definition) is 3. The highest BCUT2D eigenvalue weighted by molar-refractivity contribution is 5.90. The molecule has 18 heavy (non-hydrogen) atoms. The third-order valence-electron chi connectivity index (χ3n) is 2.86. The van der Waals surface area contributed by atoms with Crippen molar-refractivity contribution < 1.29 is 14.3 Å². The van der Waals surface area contributed by atoms with Gasteiger partial charge in [0.25, 0.3) is 0 Å². The molecule has 5 heteroatoms. The van der Waals surface area contributed by atoms with E-state index in [1.54, 1.807) is 19.2 Å². The molecular weight excluding hydrogens is 232 g/mol. The monoisotopic (exact) mass is 252 g/mol. The van der Waals surface area contributed by atoms with Crippen molar-refractivity contribution >= 4 is 11.8 Å². The molecule has 1 aliphatic rings. The molecular formula is C13H20N2O3. The third-order valence-corrected chi connectivity index (χ3v) is 2.86. The van der Waals surface area contributed by atoms with Crippen LogP contribution < -0.4 is 5.32 Å². The molecule has 2 amide bonds. The Kier molecular flexibility index (Phi) is 5.09. The summed E-state index contributed by atoms with van der Waals surface area (Å²) in [6, 6.07) is 0. The van der Waals surface area contributed by atoms with Crippen LogP contribution in [0.15, 0.2) is 24.3 Å². The van der Waals surface area contributed by atoms with Gasteiger partial charge in [-0.2, -0.15) is 0 Å². The first-order valence-electron chi connectivity index (χ1n) is 5.91. The van der Waals surface area contributed by atoms with Crippen molar-refractivity contribution in [3.63, 3.8) is 0 Å². The first-order valence-corrected chi connectivity index (χ1v) is 5.91. The van der Waals surface area contributed by atoms with Gasteiger partial charge in [-0.3, -0.25) is 9.59 Å². The number of amides is 2. The lowest BCUT2D eigenvalue weighted by Crippen LogP contribution is -2.51. The first-order chi connectivity index (χ1) is 8.43. The van der Waals surface area contributed by atoms with Gasteiger partial charge < -0.3 is 15.0 Å². The van der Waals surface area contributed by atoms with E-state index in [1.165, 1.54) is 4.90 Å². The van der Waals surface area contributed by atoms with Gasteiger partial charge in [-0.05, 0) is 13.8 Å². The Hall–Kier alpha value is -1.62. The van der Waals surface area contributed by atoms with Gasteiger partial charge in [-0.15, -0.1) is 6.58 Å². The fourth-order valence-corrected chi connectivity index (χ4v) is 1.62. The topological polar surface area (TPSA) is 58.6 Å². The van der Waals surface area contributed by atoms with Crippen molar-refractivity contribution in [1.82, 2.24) is 10.2 Å². The number of carbonyl (C=O) groups is 2. The maximum atomic E-state index is 11.9. The lowest BCUT2D eigenvalue weighted by molar-refractivity contribution is -0.139. The van der Waals surface area contributed by atoms with Gasteiger partial charge in [0, 0.05) is 19.5 Å². The molecule has 2 unspecified atom stereocenters. The summed E-state index contributed by atoms with van der Waals surface area (Å²) in [7, 11) is 1.66. The molecule has 0 aromatic heterocycles. The molecule has 5 nitrogen and oxygen atoms in total. The van der Waals surface area contributed by atoms with Gasteiger partial charge in [0.05, 0.1) is 6.10 Å². The second-order valence-corrected chi connectivity index (χ2v) is 4.48. The minimum Gasteiger partial charge on any atom is -0.365 e. The van der Waals surface area contributed by atoms with Crippen LogP contribution in [-0.2, 0) is 14.3 Å². The highest BCUT2D eigenvalue weighted by Crippen LogP contribution is 2.12. The Balaban J connectivity index is 2.51. The molecule has 100 valence electrons. The van der Waals surface area contributed by atoms with Crippen LogP contribution in [0.25, 0.3) is 0 Å². The minimum atomic E-state index is -0.294. The molecule has 0 aliphatic carbocycles. The highest BCUT2D eigenvalue weighted by atomic mass is 16.5. The highest BCUT2D eigenvalue weighted by Gasteiger charge is 2.24. The summed E-state index contributed by atoms with van der Waals surface area (Å²) < 4.78 is 5.28. The number of rotatable bonds is 5. The summed E-state index contributed by atoms with van der Waals surface area (Å²) in [6.45, 7) is 7.25. The number of nitrogens with zero attached hydrogens (tertiary/aromatic N) is 1. The van der Waals surface area contributed by atoms with Crippen molar-refractivity contribution in [2.75, 3.05) is 13.7 Å². The van der Waals surface area contributed by atoms with Gasteiger partial charge >= 0.3 is 0 Å². The Labute approximate surface area is 107 Å². The molecule has 0 aromatic rings. The average Bonchev–Trinajstić information content (AvgIpc) is 2.33.